The van der Waals surface area contributed by atoms with E-state index in [0.29, 0.717) is 12.2 Å². The standard InChI is InChI=1S/C18H25ClF3N3OS/c1-17(2,3)9-25-8-11(10-7-12(20)14(19)23-16(10)25)13(15(21)22)24-27(26)18(4,5)6/h7-8,13,15,24H,9H2,1-6H3/t13-,27?/m0/s1. The van der Waals surface area contributed by atoms with Gasteiger partial charge < -0.3 is 9.12 Å². The number of alkyl halides is 2. The van der Waals surface area contributed by atoms with Crippen LogP contribution in [0.2, 0.25) is 5.15 Å². The number of hydrogen-bond donors (Lipinski definition) is 1. The molecular formula is C18H25ClF3N3OS. The first-order valence-corrected chi connectivity index (χ1v) is 10.0. The van der Waals surface area contributed by atoms with E-state index in [4.69, 9.17) is 11.6 Å². The van der Waals surface area contributed by atoms with Gasteiger partial charge in [0.25, 0.3) is 6.43 Å². The Morgan fingerprint density at radius 2 is 1.85 bits per heavy atom. The van der Waals surface area contributed by atoms with Crippen LogP contribution in [0.3, 0.4) is 0 Å². The van der Waals surface area contributed by atoms with E-state index in [1.54, 1.807) is 25.3 Å². The van der Waals surface area contributed by atoms with Gasteiger partial charge in [0.1, 0.15) is 16.4 Å². The van der Waals surface area contributed by atoms with Crippen LogP contribution < -0.4 is 4.72 Å². The number of nitrogens with one attached hydrogen (secondary N) is 1. The quantitative estimate of drug-likeness (QED) is 0.529. The van der Waals surface area contributed by atoms with Crippen LogP contribution in [0.25, 0.3) is 11.0 Å². The Kier molecular flexibility index (Phi) is 6.46. The molecule has 27 heavy (non-hydrogen) atoms. The Hall–Kier alpha value is -0.960. The normalized spacial score (nSPS) is 15.6. The molecule has 0 bridgehead atoms. The number of aromatic nitrogens is 2. The van der Waals surface area contributed by atoms with Crippen LogP contribution in [-0.2, 0) is 17.9 Å². The maximum atomic E-state index is 14.0. The fourth-order valence-corrected chi connectivity index (χ4v) is 3.56. The molecule has 0 aliphatic rings. The third kappa shape index (κ3) is 5.31. The molecule has 0 aliphatic carbocycles. The van der Waals surface area contributed by atoms with Crippen molar-refractivity contribution in [2.75, 3.05) is 0 Å². The summed E-state index contributed by atoms with van der Waals surface area (Å²) >= 11 is 4.08. The molecule has 0 saturated heterocycles. The van der Waals surface area contributed by atoms with Gasteiger partial charge in [0.05, 0.1) is 0 Å². The topological polar surface area (TPSA) is 52.9 Å². The number of fused-ring (bicyclic) bond motifs is 1. The molecule has 0 aromatic carbocycles. The minimum absolute atomic E-state index is 0.143. The van der Waals surface area contributed by atoms with Gasteiger partial charge in [-0.3, -0.25) is 0 Å². The maximum absolute atomic E-state index is 14.0. The molecule has 2 heterocycles. The number of pyridine rings is 1. The molecule has 0 fully saturated rings. The van der Waals surface area contributed by atoms with E-state index < -0.39 is 34.4 Å². The van der Waals surface area contributed by atoms with Gasteiger partial charge >= 0.3 is 0 Å². The zero-order chi connectivity index (χ0) is 20.7. The summed E-state index contributed by atoms with van der Waals surface area (Å²) in [7, 11) is 0. The van der Waals surface area contributed by atoms with Gasteiger partial charge in [-0.05, 0) is 32.3 Å². The van der Waals surface area contributed by atoms with Crippen LogP contribution in [0.15, 0.2) is 12.3 Å². The predicted octanol–water partition coefficient (Wildman–Crippen LogP) is 5.23. The van der Waals surface area contributed by atoms with E-state index in [-0.39, 0.29) is 21.5 Å². The lowest BCUT2D eigenvalue weighted by molar-refractivity contribution is 0.109. The van der Waals surface area contributed by atoms with Gasteiger partial charge in [-0.25, -0.2) is 18.2 Å². The molecule has 0 spiro atoms. The molecule has 0 radical (unpaired) electrons. The Morgan fingerprint density at radius 1 is 1.26 bits per heavy atom. The lowest BCUT2D eigenvalue weighted by Gasteiger charge is -2.27. The Labute approximate surface area is 165 Å². The van der Waals surface area contributed by atoms with Crippen molar-refractivity contribution in [1.29, 1.82) is 0 Å². The Morgan fingerprint density at radius 3 is 2.33 bits per heavy atom. The highest BCUT2D eigenvalue weighted by molar-refractivity contribution is 7.90. The van der Waals surface area contributed by atoms with Gasteiger partial charge in [0.2, 0.25) is 0 Å². The van der Waals surface area contributed by atoms with E-state index >= 15 is 0 Å². The highest BCUT2D eigenvalue weighted by Crippen LogP contribution is 2.34. The molecule has 152 valence electrons. The fraction of sp³-hybridized carbons (Fsp3) is 0.611. The van der Waals surface area contributed by atoms with Crippen LogP contribution >= 0.6 is 11.6 Å². The molecule has 0 saturated carbocycles. The summed E-state index contributed by atoms with van der Waals surface area (Å²) < 4.78 is 57.6. The van der Waals surface area contributed by atoms with E-state index in [0.717, 1.165) is 6.07 Å². The highest BCUT2D eigenvalue weighted by atomic mass is 35.5. The summed E-state index contributed by atoms with van der Waals surface area (Å²) in [5.74, 6) is -0.788. The molecule has 1 unspecified atom stereocenters. The highest BCUT2D eigenvalue weighted by Gasteiger charge is 2.36. The first-order valence-electron chi connectivity index (χ1n) is 8.51. The summed E-state index contributed by atoms with van der Waals surface area (Å²) in [6, 6.07) is -0.424. The average Bonchev–Trinajstić information content (AvgIpc) is 2.79. The van der Waals surface area contributed by atoms with Crippen LogP contribution in [0.4, 0.5) is 13.2 Å². The van der Waals surface area contributed by atoms with Crippen molar-refractivity contribution < 1.29 is 17.7 Å². The summed E-state index contributed by atoms with van der Waals surface area (Å²) in [6.07, 6.45) is -1.33. The molecule has 0 amide bonds. The van der Waals surface area contributed by atoms with Crippen molar-refractivity contribution in [3.05, 3.63) is 28.8 Å². The van der Waals surface area contributed by atoms with E-state index in [2.05, 4.69) is 9.71 Å². The zero-order valence-corrected chi connectivity index (χ0v) is 17.8. The van der Waals surface area contributed by atoms with Gasteiger partial charge in [0, 0.05) is 35.1 Å². The third-order valence-corrected chi connectivity index (χ3v) is 5.66. The van der Waals surface area contributed by atoms with Crippen molar-refractivity contribution in [3.63, 3.8) is 0 Å². The first-order chi connectivity index (χ1) is 12.2. The monoisotopic (exact) mass is 423 g/mol. The zero-order valence-electron chi connectivity index (χ0n) is 16.2. The second-order valence-corrected chi connectivity index (χ2v) is 11.1. The lowest BCUT2D eigenvalue weighted by Crippen LogP contribution is -2.43. The number of hydrogen-bond acceptors (Lipinski definition) is 3. The number of nitrogens with zero attached hydrogens (tertiary/aromatic N) is 2. The van der Waals surface area contributed by atoms with Crippen LogP contribution in [0.1, 0.15) is 53.1 Å². The largest absolute Gasteiger partial charge is 0.598 e. The van der Waals surface area contributed by atoms with Gasteiger partial charge in [0.15, 0.2) is 11.0 Å². The van der Waals surface area contributed by atoms with Crippen molar-refractivity contribution in [2.24, 2.45) is 5.41 Å². The maximum Gasteiger partial charge on any atom is 0.262 e. The summed E-state index contributed by atoms with van der Waals surface area (Å²) in [4.78, 5) is 4.05. The molecular weight excluding hydrogens is 399 g/mol. The summed E-state index contributed by atoms with van der Waals surface area (Å²) in [5, 5.41) is -0.0907. The minimum atomic E-state index is -2.84. The first kappa shape index (κ1) is 22.3. The van der Waals surface area contributed by atoms with E-state index in [9.17, 15) is 17.7 Å². The molecule has 2 rings (SSSR count). The third-order valence-electron chi connectivity index (χ3n) is 3.81. The summed E-state index contributed by atoms with van der Waals surface area (Å²) in [6.45, 7) is 11.5. The van der Waals surface area contributed by atoms with Crippen LogP contribution in [0, 0.1) is 11.2 Å². The van der Waals surface area contributed by atoms with Gasteiger partial charge in [-0.2, -0.15) is 0 Å². The molecule has 2 aromatic heterocycles. The number of rotatable bonds is 5. The molecule has 2 atom stereocenters. The SMILES string of the molecule is CC(C)(C)Cn1cc([C@H](N[S+]([O-])C(C)(C)C)C(F)F)c2cc(F)c(Cl)nc21. The van der Waals surface area contributed by atoms with E-state index in [1.807, 2.05) is 20.8 Å². The van der Waals surface area contributed by atoms with Gasteiger partial charge in [-0.1, -0.05) is 32.4 Å². The molecule has 9 heteroatoms. The Bertz CT molecular complexity index is 815. The molecule has 1 N–H and O–H groups in total. The molecule has 2 aromatic rings. The molecule has 4 nitrogen and oxygen atoms in total. The van der Waals surface area contributed by atoms with Crippen LogP contribution in [-0.4, -0.2) is 25.3 Å². The molecule has 0 aliphatic heterocycles. The average molecular weight is 424 g/mol. The van der Waals surface area contributed by atoms with Crippen LogP contribution in [0.5, 0.6) is 0 Å². The predicted molar refractivity (Wildman–Crippen MR) is 104 cm³/mol. The Balaban J connectivity index is 2.62. The van der Waals surface area contributed by atoms with Crippen molar-refractivity contribution >= 4 is 34.0 Å². The summed E-state index contributed by atoms with van der Waals surface area (Å²) in [5.41, 5.74) is 0.290. The minimum Gasteiger partial charge on any atom is -0.598 e. The lowest BCUT2D eigenvalue weighted by atomic mass is 9.97. The smallest absolute Gasteiger partial charge is 0.262 e. The second-order valence-electron chi connectivity index (χ2n) is 8.72. The van der Waals surface area contributed by atoms with Crippen molar-refractivity contribution in [2.45, 2.75) is 65.3 Å². The van der Waals surface area contributed by atoms with Crippen molar-refractivity contribution in [1.82, 2.24) is 14.3 Å². The van der Waals surface area contributed by atoms with E-state index in [1.165, 1.54) is 6.20 Å². The van der Waals surface area contributed by atoms with Gasteiger partial charge in [-0.15, -0.1) is 4.72 Å². The second kappa shape index (κ2) is 7.81. The number of halogens is 4. The van der Waals surface area contributed by atoms with Crippen molar-refractivity contribution in [3.8, 4) is 0 Å². The fourth-order valence-electron chi connectivity index (χ4n) is 2.61.